The highest BCUT2D eigenvalue weighted by Crippen LogP contribution is 2.20. The Morgan fingerprint density at radius 1 is 1.06 bits per heavy atom. The Morgan fingerprint density at radius 3 is 2.47 bits per heavy atom. The van der Waals surface area contributed by atoms with Crippen LogP contribution < -0.4 is 10.2 Å². The zero-order chi connectivity index (χ0) is 23.0. The molecule has 0 saturated heterocycles. The standard InChI is InChI=1S/C23H22BrN3O4S/c1-31-21-9-5-8-19(14-21)15-25-26-23(28)17-27(16-18-6-3-2-4-7-18)32(29,30)22-12-10-20(24)11-13-22/h2-15H,16-17H2,1H3,(H,26,28)/b25-15-. The normalized spacial score (nSPS) is 11.6. The second kappa shape index (κ2) is 11.0. The van der Waals surface area contributed by atoms with Gasteiger partial charge in [0.05, 0.1) is 24.8 Å². The van der Waals surface area contributed by atoms with Crippen molar-refractivity contribution in [2.75, 3.05) is 13.7 Å². The number of carbonyl (C=O) groups excluding carboxylic acids is 1. The number of methoxy groups -OCH3 is 1. The van der Waals surface area contributed by atoms with Gasteiger partial charge in [-0.3, -0.25) is 4.79 Å². The Kier molecular flexibility index (Phi) is 8.15. The molecule has 3 rings (SSSR count). The summed E-state index contributed by atoms with van der Waals surface area (Å²) < 4.78 is 33.5. The van der Waals surface area contributed by atoms with Gasteiger partial charge in [0.15, 0.2) is 0 Å². The van der Waals surface area contributed by atoms with E-state index in [1.165, 1.54) is 18.3 Å². The number of ether oxygens (including phenoxy) is 1. The number of rotatable bonds is 9. The summed E-state index contributed by atoms with van der Waals surface area (Å²) in [6.07, 6.45) is 1.46. The molecular weight excluding hydrogens is 494 g/mol. The van der Waals surface area contributed by atoms with Gasteiger partial charge in [-0.25, -0.2) is 13.8 Å². The van der Waals surface area contributed by atoms with Crippen molar-refractivity contribution in [2.24, 2.45) is 5.10 Å². The van der Waals surface area contributed by atoms with Crippen LogP contribution in [0, 0.1) is 0 Å². The van der Waals surface area contributed by atoms with Crippen molar-refractivity contribution < 1.29 is 17.9 Å². The average molecular weight is 516 g/mol. The molecule has 3 aromatic rings. The van der Waals surface area contributed by atoms with E-state index >= 15 is 0 Å². The van der Waals surface area contributed by atoms with Crippen molar-refractivity contribution in [3.05, 3.63) is 94.5 Å². The lowest BCUT2D eigenvalue weighted by Gasteiger charge is -2.21. The predicted octanol–water partition coefficient (Wildman–Crippen LogP) is 3.80. The lowest BCUT2D eigenvalue weighted by atomic mass is 10.2. The van der Waals surface area contributed by atoms with Gasteiger partial charge in [0, 0.05) is 11.0 Å². The summed E-state index contributed by atoms with van der Waals surface area (Å²) in [7, 11) is -2.35. The molecule has 32 heavy (non-hydrogen) atoms. The van der Waals surface area contributed by atoms with Crippen molar-refractivity contribution in [3.8, 4) is 5.75 Å². The third kappa shape index (κ3) is 6.49. The van der Waals surface area contributed by atoms with Gasteiger partial charge in [0.2, 0.25) is 10.0 Å². The quantitative estimate of drug-likeness (QED) is 0.346. The van der Waals surface area contributed by atoms with Gasteiger partial charge < -0.3 is 4.74 Å². The molecule has 9 heteroatoms. The number of carbonyl (C=O) groups is 1. The van der Waals surface area contributed by atoms with Crippen molar-refractivity contribution in [1.29, 1.82) is 0 Å². The van der Waals surface area contributed by atoms with Crippen LogP contribution in [-0.2, 0) is 21.4 Å². The smallest absolute Gasteiger partial charge is 0.255 e. The van der Waals surface area contributed by atoms with Crippen LogP contribution in [0.3, 0.4) is 0 Å². The zero-order valence-electron chi connectivity index (χ0n) is 17.3. The van der Waals surface area contributed by atoms with E-state index in [1.807, 2.05) is 30.3 Å². The lowest BCUT2D eigenvalue weighted by Crippen LogP contribution is -2.39. The highest BCUT2D eigenvalue weighted by molar-refractivity contribution is 9.10. The Morgan fingerprint density at radius 2 is 1.78 bits per heavy atom. The number of hydrogen-bond acceptors (Lipinski definition) is 5. The molecule has 3 aromatic carbocycles. The van der Waals surface area contributed by atoms with E-state index in [9.17, 15) is 13.2 Å². The molecule has 0 unspecified atom stereocenters. The third-order valence-electron chi connectivity index (χ3n) is 4.47. The van der Waals surface area contributed by atoms with Crippen LogP contribution in [0.5, 0.6) is 5.75 Å². The molecule has 0 radical (unpaired) electrons. The van der Waals surface area contributed by atoms with Crippen LogP contribution in [0.1, 0.15) is 11.1 Å². The molecule has 0 bridgehead atoms. The fourth-order valence-electron chi connectivity index (χ4n) is 2.86. The largest absolute Gasteiger partial charge is 0.497 e. The summed E-state index contributed by atoms with van der Waals surface area (Å²) in [5, 5.41) is 3.94. The second-order valence-corrected chi connectivity index (χ2v) is 9.64. The number of amides is 1. The molecule has 7 nitrogen and oxygen atoms in total. The molecule has 1 amide bonds. The minimum Gasteiger partial charge on any atom is -0.497 e. The topological polar surface area (TPSA) is 88.1 Å². The van der Waals surface area contributed by atoms with Gasteiger partial charge in [-0.15, -0.1) is 0 Å². The maximum atomic E-state index is 13.2. The van der Waals surface area contributed by atoms with Gasteiger partial charge >= 0.3 is 0 Å². The molecule has 0 spiro atoms. The van der Waals surface area contributed by atoms with Crippen molar-refractivity contribution >= 4 is 38.1 Å². The molecule has 0 saturated carbocycles. The third-order valence-corrected chi connectivity index (χ3v) is 6.80. The van der Waals surface area contributed by atoms with Crippen LogP contribution in [0.4, 0.5) is 0 Å². The van der Waals surface area contributed by atoms with Crippen LogP contribution in [0.2, 0.25) is 0 Å². The summed E-state index contributed by atoms with van der Waals surface area (Å²) in [6, 6.07) is 22.5. The van der Waals surface area contributed by atoms with Gasteiger partial charge in [-0.2, -0.15) is 9.41 Å². The number of hydrazone groups is 1. The van der Waals surface area contributed by atoms with Crippen LogP contribution in [-0.4, -0.2) is 38.5 Å². The first-order valence-electron chi connectivity index (χ1n) is 9.64. The molecular formula is C23H22BrN3O4S. The van der Waals surface area contributed by atoms with E-state index in [0.717, 1.165) is 19.9 Å². The summed E-state index contributed by atoms with van der Waals surface area (Å²) in [5.41, 5.74) is 3.89. The van der Waals surface area contributed by atoms with Crippen LogP contribution in [0.25, 0.3) is 0 Å². The Labute approximate surface area is 195 Å². The van der Waals surface area contributed by atoms with E-state index in [-0.39, 0.29) is 18.0 Å². The van der Waals surface area contributed by atoms with Gasteiger partial charge in [0.25, 0.3) is 5.91 Å². The number of nitrogens with one attached hydrogen (secondary N) is 1. The summed E-state index contributed by atoms with van der Waals surface area (Å²) in [4.78, 5) is 12.6. The highest BCUT2D eigenvalue weighted by atomic mass is 79.9. The van der Waals surface area contributed by atoms with Crippen molar-refractivity contribution in [3.63, 3.8) is 0 Å². The first kappa shape index (κ1) is 23.6. The van der Waals surface area contributed by atoms with Crippen LogP contribution >= 0.6 is 15.9 Å². The highest BCUT2D eigenvalue weighted by Gasteiger charge is 2.26. The maximum Gasteiger partial charge on any atom is 0.255 e. The van der Waals surface area contributed by atoms with Gasteiger partial charge in [-0.05, 0) is 47.5 Å². The van der Waals surface area contributed by atoms with E-state index in [0.29, 0.717) is 5.75 Å². The molecule has 0 atom stereocenters. The monoisotopic (exact) mass is 515 g/mol. The number of sulfonamides is 1. The van der Waals surface area contributed by atoms with Gasteiger partial charge in [0.1, 0.15) is 5.75 Å². The SMILES string of the molecule is COc1cccc(/C=N\NC(=O)CN(Cc2ccccc2)S(=O)(=O)c2ccc(Br)cc2)c1. The predicted molar refractivity (Wildman–Crippen MR) is 127 cm³/mol. The fourth-order valence-corrected chi connectivity index (χ4v) is 4.51. The Hall–Kier alpha value is -3.01. The van der Waals surface area contributed by atoms with Crippen LogP contribution in [0.15, 0.2) is 93.3 Å². The first-order chi connectivity index (χ1) is 15.4. The maximum absolute atomic E-state index is 13.2. The number of hydrogen-bond donors (Lipinski definition) is 1. The average Bonchev–Trinajstić information content (AvgIpc) is 2.80. The zero-order valence-corrected chi connectivity index (χ0v) is 19.7. The van der Waals surface area contributed by atoms with E-state index < -0.39 is 15.9 Å². The van der Waals surface area contributed by atoms with E-state index in [2.05, 4.69) is 26.5 Å². The summed E-state index contributed by atoms with van der Waals surface area (Å²) >= 11 is 3.30. The summed E-state index contributed by atoms with van der Waals surface area (Å²) in [6.45, 7) is -0.338. The van der Waals surface area contributed by atoms with Gasteiger partial charge in [-0.1, -0.05) is 58.4 Å². The van der Waals surface area contributed by atoms with Crippen molar-refractivity contribution in [1.82, 2.24) is 9.73 Å². The molecule has 0 aliphatic carbocycles. The van der Waals surface area contributed by atoms with E-state index in [4.69, 9.17) is 4.74 Å². The first-order valence-corrected chi connectivity index (χ1v) is 11.9. The molecule has 0 fully saturated rings. The Bertz CT molecular complexity index is 1180. The van der Waals surface area contributed by atoms with E-state index in [1.54, 1.807) is 43.5 Å². The minimum absolute atomic E-state index is 0.0479. The molecule has 0 heterocycles. The Balaban J connectivity index is 1.76. The lowest BCUT2D eigenvalue weighted by molar-refractivity contribution is -0.121. The van der Waals surface area contributed by atoms with Crippen molar-refractivity contribution in [2.45, 2.75) is 11.4 Å². The summed E-state index contributed by atoms with van der Waals surface area (Å²) in [5.74, 6) is 0.107. The fraction of sp³-hybridized carbons (Fsp3) is 0.130. The molecule has 166 valence electrons. The molecule has 0 aliphatic rings. The molecule has 0 aliphatic heterocycles. The molecule has 1 N–H and O–H groups in total. The number of benzene rings is 3. The number of nitrogens with zero attached hydrogens (tertiary/aromatic N) is 2. The molecule has 0 aromatic heterocycles. The minimum atomic E-state index is -3.91. The second-order valence-electron chi connectivity index (χ2n) is 6.78. The number of halogens is 1.